The van der Waals surface area contributed by atoms with E-state index in [1.165, 1.54) is 6.07 Å². The number of rotatable bonds is 3. The quantitative estimate of drug-likeness (QED) is 0.741. The smallest absolute Gasteiger partial charge is 0.263 e. The van der Waals surface area contributed by atoms with Crippen molar-refractivity contribution in [2.45, 2.75) is 11.8 Å². The highest BCUT2D eigenvalue weighted by Gasteiger charge is 2.19. The molecule has 0 aliphatic carbocycles. The molecule has 0 aromatic heterocycles. The maximum absolute atomic E-state index is 12.4. The normalized spacial score (nSPS) is 11.3. The Labute approximate surface area is 134 Å². The van der Waals surface area contributed by atoms with E-state index in [0.717, 1.165) is 5.56 Å². The number of anilines is 2. The molecule has 106 valence electrons. The fraction of sp³-hybridized carbons (Fsp3) is 0.0769. The molecule has 0 heterocycles. The van der Waals surface area contributed by atoms with Gasteiger partial charge in [0.2, 0.25) is 0 Å². The highest BCUT2D eigenvalue weighted by atomic mass is 79.9. The molecule has 2 aromatic rings. The molecule has 3 N–H and O–H groups in total. The molecule has 4 nitrogen and oxygen atoms in total. The minimum atomic E-state index is -3.69. The van der Waals surface area contributed by atoms with Crippen molar-refractivity contribution in [2.24, 2.45) is 0 Å². The van der Waals surface area contributed by atoms with Crippen LogP contribution in [0.4, 0.5) is 11.4 Å². The van der Waals surface area contributed by atoms with E-state index in [0.29, 0.717) is 20.3 Å². The lowest BCUT2D eigenvalue weighted by Gasteiger charge is -2.12. The van der Waals surface area contributed by atoms with Gasteiger partial charge in [-0.25, -0.2) is 8.42 Å². The first-order chi connectivity index (χ1) is 9.29. The number of nitrogen functional groups attached to an aromatic ring is 1. The molecule has 0 fully saturated rings. The summed E-state index contributed by atoms with van der Waals surface area (Å²) in [5.74, 6) is 0. The molecule has 0 amide bonds. The van der Waals surface area contributed by atoms with Gasteiger partial charge in [-0.2, -0.15) is 0 Å². The number of aryl methyl sites for hydroxylation is 1. The molecule has 7 heteroatoms. The molecule has 0 atom stereocenters. The van der Waals surface area contributed by atoms with Crippen LogP contribution in [0, 0.1) is 6.92 Å². The maximum Gasteiger partial charge on any atom is 0.263 e. The van der Waals surface area contributed by atoms with E-state index in [1.807, 2.05) is 6.92 Å². The second-order valence-electron chi connectivity index (χ2n) is 4.25. The largest absolute Gasteiger partial charge is 0.399 e. The molecule has 0 unspecified atom stereocenters. The third-order valence-electron chi connectivity index (χ3n) is 2.69. The lowest BCUT2D eigenvalue weighted by atomic mass is 10.2. The van der Waals surface area contributed by atoms with Gasteiger partial charge in [-0.3, -0.25) is 4.72 Å². The maximum atomic E-state index is 12.4. The summed E-state index contributed by atoms with van der Waals surface area (Å²) in [6.45, 7) is 1.81. The molecule has 2 rings (SSSR count). The van der Waals surface area contributed by atoms with Gasteiger partial charge in [0, 0.05) is 14.6 Å². The summed E-state index contributed by atoms with van der Waals surface area (Å²) in [5.41, 5.74) is 7.46. The summed E-state index contributed by atoms with van der Waals surface area (Å²) in [4.78, 5) is 0.161. The molecule has 0 bridgehead atoms. The molecule has 0 spiro atoms. The van der Waals surface area contributed by atoms with Crippen LogP contribution in [0.3, 0.4) is 0 Å². The molecular weight excluding hydrogens is 408 g/mol. The highest BCUT2D eigenvalue weighted by Crippen LogP contribution is 2.28. The van der Waals surface area contributed by atoms with E-state index in [1.54, 1.807) is 30.3 Å². The number of halogens is 2. The van der Waals surface area contributed by atoms with E-state index in [-0.39, 0.29) is 4.90 Å². The Hall–Kier alpha value is -1.05. The van der Waals surface area contributed by atoms with Gasteiger partial charge in [0.05, 0.1) is 5.69 Å². The van der Waals surface area contributed by atoms with Crippen molar-refractivity contribution in [2.75, 3.05) is 10.5 Å². The summed E-state index contributed by atoms with van der Waals surface area (Å²) >= 11 is 6.52. The monoisotopic (exact) mass is 418 g/mol. The average Bonchev–Trinajstić information content (AvgIpc) is 2.36. The van der Waals surface area contributed by atoms with Gasteiger partial charge in [-0.1, -0.05) is 22.0 Å². The second kappa shape index (κ2) is 5.75. The Morgan fingerprint density at radius 3 is 2.50 bits per heavy atom. The lowest BCUT2D eigenvalue weighted by Crippen LogP contribution is -2.14. The molecule has 0 saturated heterocycles. The molecule has 0 saturated carbocycles. The summed E-state index contributed by atoms with van der Waals surface area (Å²) in [6, 6.07) is 10.1. The predicted octanol–water partition coefficient (Wildman–Crippen LogP) is 3.90. The first-order valence-corrected chi connectivity index (χ1v) is 8.70. The number of sulfonamides is 1. The van der Waals surface area contributed by atoms with Crippen LogP contribution in [0.1, 0.15) is 5.56 Å². The summed E-state index contributed by atoms with van der Waals surface area (Å²) in [5, 5.41) is 0. The number of hydrogen-bond acceptors (Lipinski definition) is 3. The van der Waals surface area contributed by atoms with Crippen LogP contribution in [-0.4, -0.2) is 8.42 Å². The van der Waals surface area contributed by atoms with Crippen LogP contribution in [0.25, 0.3) is 0 Å². The van der Waals surface area contributed by atoms with Gasteiger partial charge in [-0.05, 0) is 58.7 Å². The van der Waals surface area contributed by atoms with Crippen LogP contribution in [-0.2, 0) is 10.0 Å². The first-order valence-electron chi connectivity index (χ1n) is 5.63. The molecule has 0 aliphatic heterocycles. The van der Waals surface area contributed by atoms with Gasteiger partial charge < -0.3 is 5.73 Å². The zero-order valence-corrected chi connectivity index (χ0v) is 14.5. The zero-order chi connectivity index (χ0) is 14.9. The Kier molecular flexibility index (Phi) is 4.41. The van der Waals surface area contributed by atoms with Crippen LogP contribution >= 0.6 is 31.9 Å². The predicted molar refractivity (Wildman–Crippen MR) is 88.2 cm³/mol. The van der Waals surface area contributed by atoms with Crippen molar-refractivity contribution in [3.8, 4) is 0 Å². The van der Waals surface area contributed by atoms with E-state index >= 15 is 0 Å². The number of nitrogens with one attached hydrogen (secondary N) is 1. The summed E-state index contributed by atoms with van der Waals surface area (Å²) in [6.07, 6.45) is 0. The molecule has 2 aromatic carbocycles. The van der Waals surface area contributed by atoms with E-state index in [2.05, 4.69) is 36.6 Å². The lowest BCUT2D eigenvalue weighted by molar-refractivity contribution is 0.600. The second-order valence-corrected chi connectivity index (χ2v) is 7.68. The summed E-state index contributed by atoms with van der Waals surface area (Å²) in [7, 11) is -3.69. The Balaban J connectivity index is 2.46. The molecule has 0 aliphatic rings. The van der Waals surface area contributed by atoms with Crippen molar-refractivity contribution in [3.63, 3.8) is 0 Å². The van der Waals surface area contributed by atoms with Gasteiger partial charge in [0.1, 0.15) is 4.90 Å². The van der Waals surface area contributed by atoms with E-state index in [9.17, 15) is 8.42 Å². The van der Waals surface area contributed by atoms with Crippen molar-refractivity contribution >= 4 is 53.3 Å². The topological polar surface area (TPSA) is 72.2 Å². The number of nitrogens with two attached hydrogens (primary N) is 1. The SMILES string of the molecule is Cc1ccc(N)cc1NS(=O)(=O)c1cc(Br)ccc1Br. The van der Waals surface area contributed by atoms with Gasteiger partial charge in [0.15, 0.2) is 0 Å². The minimum Gasteiger partial charge on any atom is -0.399 e. The minimum absolute atomic E-state index is 0.161. The van der Waals surface area contributed by atoms with Crippen molar-refractivity contribution < 1.29 is 8.42 Å². The van der Waals surface area contributed by atoms with Crippen LogP contribution < -0.4 is 10.5 Å². The van der Waals surface area contributed by atoms with Crippen molar-refractivity contribution in [1.82, 2.24) is 0 Å². The zero-order valence-electron chi connectivity index (χ0n) is 10.5. The third kappa shape index (κ3) is 3.34. The standard InChI is InChI=1S/C13H12Br2N2O2S/c1-8-2-4-10(16)7-12(8)17-20(18,19)13-6-9(14)3-5-11(13)15/h2-7,17H,16H2,1H3. The fourth-order valence-electron chi connectivity index (χ4n) is 1.63. The highest BCUT2D eigenvalue weighted by molar-refractivity contribution is 9.11. The molecular formula is C13H12Br2N2O2S. The number of hydrogen-bond donors (Lipinski definition) is 2. The molecule has 0 radical (unpaired) electrons. The van der Waals surface area contributed by atoms with E-state index in [4.69, 9.17) is 5.73 Å². The van der Waals surface area contributed by atoms with Gasteiger partial charge >= 0.3 is 0 Å². The summed E-state index contributed by atoms with van der Waals surface area (Å²) < 4.78 is 28.6. The van der Waals surface area contributed by atoms with Crippen LogP contribution in [0.2, 0.25) is 0 Å². The fourth-order valence-corrected chi connectivity index (χ4v) is 4.26. The average molecular weight is 420 g/mol. The third-order valence-corrected chi connectivity index (χ3v) is 5.54. The van der Waals surface area contributed by atoms with Gasteiger partial charge in [-0.15, -0.1) is 0 Å². The Morgan fingerprint density at radius 2 is 1.80 bits per heavy atom. The van der Waals surface area contributed by atoms with Crippen LogP contribution in [0.15, 0.2) is 50.2 Å². The Bertz CT molecular complexity index is 761. The Morgan fingerprint density at radius 1 is 1.10 bits per heavy atom. The van der Waals surface area contributed by atoms with E-state index < -0.39 is 10.0 Å². The van der Waals surface area contributed by atoms with Crippen molar-refractivity contribution in [1.29, 1.82) is 0 Å². The first kappa shape index (κ1) is 15.3. The molecule has 20 heavy (non-hydrogen) atoms. The van der Waals surface area contributed by atoms with Crippen molar-refractivity contribution in [3.05, 3.63) is 50.9 Å². The van der Waals surface area contributed by atoms with Gasteiger partial charge in [0.25, 0.3) is 10.0 Å². The number of benzene rings is 2. The van der Waals surface area contributed by atoms with Crippen LogP contribution in [0.5, 0.6) is 0 Å².